The van der Waals surface area contributed by atoms with Gasteiger partial charge in [-0.2, -0.15) is 0 Å². The highest BCUT2D eigenvalue weighted by molar-refractivity contribution is 6.00. The van der Waals surface area contributed by atoms with Crippen molar-refractivity contribution in [1.82, 2.24) is 4.90 Å². The van der Waals surface area contributed by atoms with E-state index in [-0.39, 0.29) is 17.7 Å². The van der Waals surface area contributed by atoms with E-state index in [4.69, 9.17) is 9.47 Å². The summed E-state index contributed by atoms with van der Waals surface area (Å²) in [6, 6.07) is 9.25. The molecular formula is C24H36N2O5. The number of amides is 1. The quantitative estimate of drug-likeness (QED) is 0.574. The Hall–Kier alpha value is -2.41. The first-order chi connectivity index (χ1) is 14.8. The van der Waals surface area contributed by atoms with Crippen LogP contribution in [0.25, 0.3) is 0 Å². The summed E-state index contributed by atoms with van der Waals surface area (Å²) in [5.41, 5.74) is -1.02. The lowest BCUT2D eigenvalue weighted by Gasteiger charge is -2.39. The zero-order valence-corrected chi connectivity index (χ0v) is 19.5. The molecule has 172 valence electrons. The van der Waals surface area contributed by atoms with Gasteiger partial charge in [-0.15, -0.1) is 0 Å². The number of hydrogen-bond acceptors (Lipinski definition) is 6. The van der Waals surface area contributed by atoms with Crippen molar-refractivity contribution < 1.29 is 24.2 Å². The summed E-state index contributed by atoms with van der Waals surface area (Å²) >= 11 is 0. The second-order valence-electron chi connectivity index (χ2n) is 8.23. The monoisotopic (exact) mass is 432 g/mol. The highest BCUT2D eigenvalue weighted by atomic mass is 16.5. The topological polar surface area (TPSA) is 88.4 Å². The summed E-state index contributed by atoms with van der Waals surface area (Å²) in [4.78, 5) is 32.9. The lowest BCUT2D eigenvalue weighted by atomic mass is 9.75. The fraction of sp³-hybridized carbons (Fsp3) is 0.625. The van der Waals surface area contributed by atoms with Crippen LogP contribution in [0.15, 0.2) is 35.3 Å². The molecule has 2 rings (SSSR count). The lowest BCUT2D eigenvalue weighted by Crippen LogP contribution is -2.61. The Labute approximate surface area is 185 Å². The Kier molecular flexibility index (Phi) is 8.62. The third kappa shape index (κ3) is 4.76. The highest BCUT2D eigenvalue weighted by Gasteiger charge is 2.62. The minimum absolute atomic E-state index is 0.162. The summed E-state index contributed by atoms with van der Waals surface area (Å²) in [6.07, 6.45) is -1.05. The van der Waals surface area contributed by atoms with E-state index in [1.165, 1.54) is 7.11 Å². The number of rotatable bonds is 10. The molecule has 1 N–H and O–H groups in total. The molecule has 0 fully saturated rings. The largest absolute Gasteiger partial charge is 0.471 e. The van der Waals surface area contributed by atoms with Crippen LogP contribution in [0.5, 0.6) is 0 Å². The van der Waals surface area contributed by atoms with Gasteiger partial charge in [0.1, 0.15) is 12.2 Å². The number of benzene rings is 1. The molecule has 7 nitrogen and oxygen atoms in total. The van der Waals surface area contributed by atoms with Gasteiger partial charge in [0.05, 0.1) is 13.0 Å². The molecule has 31 heavy (non-hydrogen) atoms. The first kappa shape index (κ1) is 24.9. The van der Waals surface area contributed by atoms with E-state index in [2.05, 4.69) is 4.99 Å². The van der Waals surface area contributed by atoms with Crippen LogP contribution in [-0.4, -0.2) is 65.7 Å². The molecule has 0 saturated carbocycles. The van der Waals surface area contributed by atoms with Crippen LogP contribution >= 0.6 is 0 Å². The van der Waals surface area contributed by atoms with E-state index in [9.17, 15) is 14.7 Å². The van der Waals surface area contributed by atoms with Gasteiger partial charge in [-0.3, -0.25) is 4.79 Å². The fourth-order valence-corrected chi connectivity index (χ4v) is 4.31. The molecule has 1 amide bonds. The highest BCUT2D eigenvalue weighted by Crippen LogP contribution is 2.40. The van der Waals surface area contributed by atoms with Crippen LogP contribution in [0.2, 0.25) is 0 Å². The van der Waals surface area contributed by atoms with Crippen molar-refractivity contribution in [2.24, 2.45) is 16.8 Å². The van der Waals surface area contributed by atoms with Gasteiger partial charge < -0.3 is 19.5 Å². The fourth-order valence-electron chi connectivity index (χ4n) is 4.31. The molecule has 0 radical (unpaired) electrons. The Morgan fingerprint density at radius 1 is 1.19 bits per heavy atom. The summed E-state index contributed by atoms with van der Waals surface area (Å²) in [6.45, 7) is 10.6. The van der Waals surface area contributed by atoms with Crippen molar-refractivity contribution in [2.45, 2.75) is 65.2 Å². The Morgan fingerprint density at radius 2 is 1.81 bits per heavy atom. The minimum Gasteiger partial charge on any atom is -0.471 e. The Balaban J connectivity index is 2.64. The van der Waals surface area contributed by atoms with Gasteiger partial charge in [0.25, 0.3) is 0 Å². The maximum atomic E-state index is 13.3. The number of carbonyl (C=O) groups excluding carboxylic acids is 2. The van der Waals surface area contributed by atoms with Crippen molar-refractivity contribution >= 4 is 17.8 Å². The van der Waals surface area contributed by atoms with Crippen LogP contribution in [-0.2, 0) is 19.1 Å². The van der Waals surface area contributed by atoms with Gasteiger partial charge in [0.2, 0.25) is 17.3 Å². The van der Waals surface area contributed by atoms with E-state index in [0.717, 1.165) is 0 Å². The average molecular weight is 433 g/mol. The molecule has 1 aromatic carbocycles. The van der Waals surface area contributed by atoms with Gasteiger partial charge >= 0.3 is 5.97 Å². The van der Waals surface area contributed by atoms with Gasteiger partial charge in [-0.1, -0.05) is 45.4 Å². The predicted molar refractivity (Wildman–Crippen MR) is 120 cm³/mol. The summed E-state index contributed by atoms with van der Waals surface area (Å²) in [5, 5.41) is 11.7. The summed E-state index contributed by atoms with van der Waals surface area (Å²) < 4.78 is 11.3. The van der Waals surface area contributed by atoms with Gasteiger partial charge in [0.15, 0.2) is 0 Å². The second kappa shape index (κ2) is 10.8. The van der Waals surface area contributed by atoms with E-state index >= 15 is 0 Å². The number of aliphatic imine (C=N–C) groups is 1. The van der Waals surface area contributed by atoms with Gasteiger partial charge in [0, 0.05) is 18.7 Å². The third-order valence-corrected chi connectivity index (χ3v) is 5.92. The molecular weight excluding hydrogens is 396 g/mol. The molecule has 4 atom stereocenters. The number of ether oxygens (including phenoxy) is 2. The maximum Gasteiger partial charge on any atom is 0.340 e. The van der Waals surface area contributed by atoms with Crippen LogP contribution in [0, 0.1) is 11.8 Å². The molecule has 1 aliphatic heterocycles. The number of nitrogens with zero attached hydrogens (tertiary/aromatic N) is 2. The number of hydrogen-bond donors (Lipinski definition) is 1. The van der Waals surface area contributed by atoms with Crippen molar-refractivity contribution in [3.8, 4) is 0 Å². The summed E-state index contributed by atoms with van der Waals surface area (Å²) in [5.74, 6) is -1.57. The normalized spacial score (nSPS) is 22.5. The van der Waals surface area contributed by atoms with E-state index in [0.29, 0.717) is 31.5 Å². The standard InChI is InChI=1S/C24H36N2O5/c1-7-13-18(22(28)26(8-2)9-3)19(27)24(23(29)30-6)20(16(4)5)31-21(25-24)17-14-11-10-12-15-17/h10-12,14-16,18-20,27H,7-9,13H2,1-6H3/t18-,19+,20+,24+/m1/s1. The van der Waals surface area contributed by atoms with Crippen LogP contribution < -0.4 is 0 Å². The molecule has 1 aromatic rings. The van der Waals surface area contributed by atoms with Crippen molar-refractivity contribution in [1.29, 1.82) is 0 Å². The third-order valence-electron chi connectivity index (χ3n) is 5.92. The van der Waals surface area contributed by atoms with Crippen molar-refractivity contribution in [3.63, 3.8) is 0 Å². The van der Waals surface area contributed by atoms with Gasteiger partial charge in [-0.25, -0.2) is 9.79 Å². The SMILES string of the molecule is CCC[C@@H](C(=O)N(CC)CC)[C@H](O)[C@]1(C(=O)OC)N=C(c2ccccc2)O[C@H]1C(C)C. The predicted octanol–water partition coefficient (Wildman–Crippen LogP) is 3.05. The number of esters is 1. The van der Waals surface area contributed by atoms with E-state index in [1.807, 2.05) is 65.0 Å². The molecule has 0 unspecified atom stereocenters. The molecule has 7 heteroatoms. The number of methoxy groups -OCH3 is 1. The Bertz CT molecular complexity index is 775. The lowest BCUT2D eigenvalue weighted by molar-refractivity contribution is -0.162. The molecule has 0 bridgehead atoms. The first-order valence-electron chi connectivity index (χ1n) is 11.1. The average Bonchev–Trinajstić information content (AvgIpc) is 3.20. The first-order valence-corrected chi connectivity index (χ1v) is 11.1. The molecule has 0 spiro atoms. The zero-order chi connectivity index (χ0) is 23.2. The molecule has 0 aromatic heterocycles. The van der Waals surface area contributed by atoms with Gasteiger partial charge in [-0.05, 0) is 38.3 Å². The molecule has 0 saturated heterocycles. The smallest absolute Gasteiger partial charge is 0.340 e. The maximum absolute atomic E-state index is 13.3. The molecule has 1 heterocycles. The molecule has 0 aliphatic carbocycles. The van der Waals surface area contributed by atoms with Crippen LogP contribution in [0.3, 0.4) is 0 Å². The number of aliphatic hydroxyl groups is 1. The zero-order valence-electron chi connectivity index (χ0n) is 19.5. The molecule has 1 aliphatic rings. The summed E-state index contributed by atoms with van der Waals surface area (Å²) in [7, 11) is 1.27. The number of aliphatic hydroxyl groups excluding tert-OH is 1. The van der Waals surface area contributed by atoms with Crippen LogP contribution in [0.4, 0.5) is 0 Å². The van der Waals surface area contributed by atoms with Crippen molar-refractivity contribution in [2.75, 3.05) is 20.2 Å². The second-order valence-corrected chi connectivity index (χ2v) is 8.23. The minimum atomic E-state index is -1.73. The number of carbonyl (C=O) groups is 2. The van der Waals surface area contributed by atoms with Crippen molar-refractivity contribution in [3.05, 3.63) is 35.9 Å². The van der Waals surface area contributed by atoms with E-state index < -0.39 is 29.6 Å². The Morgan fingerprint density at radius 3 is 2.29 bits per heavy atom. The van der Waals surface area contributed by atoms with Crippen LogP contribution in [0.1, 0.15) is 53.0 Å². The van der Waals surface area contributed by atoms with E-state index in [1.54, 1.807) is 4.90 Å².